The van der Waals surface area contributed by atoms with E-state index in [9.17, 15) is 9.59 Å². The Kier molecular flexibility index (Phi) is 3.04. The van der Waals surface area contributed by atoms with Gasteiger partial charge in [-0.25, -0.2) is 9.78 Å². The first-order valence-electron chi connectivity index (χ1n) is 6.23. The highest BCUT2D eigenvalue weighted by Gasteiger charge is 2.17. The van der Waals surface area contributed by atoms with Crippen LogP contribution in [-0.4, -0.2) is 35.0 Å². The fourth-order valence-corrected chi connectivity index (χ4v) is 2.20. The Morgan fingerprint density at radius 3 is 3.00 bits per heavy atom. The fraction of sp³-hybridized carbons (Fsp3) is 0.417. The van der Waals surface area contributed by atoms with Crippen LogP contribution in [0.15, 0.2) is 21.5 Å². The third kappa shape index (κ3) is 2.50. The van der Waals surface area contributed by atoms with E-state index in [4.69, 9.17) is 4.42 Å². The lowest BCUT2D eigenvalue weighted by Gasteiger charge is -2.23. The van der Waals surface area contributed by atoms with Crippen LogP contribution >= 0.6 is 0 Å². The maximum atomic E-state index is 12.1. The highest BCUT2D eigenvalue weighted by atomic mass is 16.4. The second-order valence-electron chi connectivity index (χ2n) is 4.58. The molecule has 0 aliphatic carbocycles. The first-order chi connectivity index (χ1) is 9.22. The van der Waals surface area contributed by atoms with Gasteiger partial charge in [0.1, 0.15) is 0 Å². The zero-order chi connectivity index (χ0) is 13.2. The van der Waals surface area contributed by atoms with E-state index < -0.39 is 5.76 Å². The number of H-pyrrole nitrogens is 1. The van der Waals surface area contributed by atoms with Crippen molar-refractivity contribution in [2.45, 2.75) is 18.9 Å². The molecule has 0 spiro atoms. The number of hydrogen-bond donors (Lipinski definition) is 3. The van der Waals surface area contributed by atoms with Crippen molar-refractivity contribution in [3.63, 3.8) is 0 Å². The second-order valence-corrected chi connectivity index (χ2v) is 4.58. The van der Waals surface area contributed by atoms with Crippen LogP contribution in [0, 0.1) is 0 Å². The standard InChI is InChI=1S/C12H14N4O3/c17-11(15-8-1-3-13-4-2-8)7-5-9-10(14-6-7)16-12(18)19-9/h5-6,8,13H,1-4H2,(H,15,17)(H,14,16,18). The summed E-state index contributed by atoms with van der Waals surface area (Å²) in [7, 11) is 0. The molecule has 7 nitrogen and oxygen atoms in total. The minimum atomic E-state index is -0.571. The molecule has 3 heterocycles. The van der Waals surface area contributed by atoms with Gasteiger partial charge in [0.05, 0.1) is 5.56 Å². The van der Waals surface area contributed by atoms with E-state index in [0.29, 0.717) is 16.8 Å². The number of oxazole rings is 1. The number of piperidine rings is 1. The second kappa shape index (κ2) is 4.85. The van der Waals surface area contributed by atoms with Crippen LogP contribution in [0.5, 0.6) is 0 Å². The summed E-state index contributed by atoms with van der Waals surface area (Å²) in [6.45, 7) is 1.82. The molecule has 3 rings (SSSR count). The van der Waals surface area contributed by atoms with Gasteiger partial charge in [0, 0.05) is 12.2 Å². The lowest BCUT2D eigenvalue weighted by Crippen LogP contribution is -2.42. The Bertz CT molecular complexity index is 654. The third-order valence-electron chi connectivity index (χ3n) is 3.21. The lowest BCUT2D eigenvalue weighted by molar-refractivity contribution is 0.0929. The van der Waals surface area contributed by atoms with Crippen molar-refractivity contribution in [3.8, 4) is 0 Å². The van der Waals surface area contributed by atoms with Crippen LogP contribution in [0.25, 0.3) is 11.2 Å². The molecule has 100 valence electrons. The molecule has 3 N–H and O–H groups in total. The Morgan fingerprint density at radius 2 is 2.21 bits per heavy atom. The van der Waals surface area contributed by atoms with Crippen molar-refractivity contribution < 1.29 is 9.21 Å². The topological polar surface area (TPSA) is 100 Å². The minimum absolute atomic E-state index is 0.183. The molecular weight excluding hydrogens is 248 g/mol. The number of carbonyl (C=O) groups is 1. The van der Waals surface area contributed by atoms with Crippen molar-refractivity contribution in [1.29, 1.82) is 0 Å². The number of nitrogens with one attached hydrogen (secondary N) is 3. The third-order valence-corrected chi connectivity index (χ3v) is 3.21. The largest absolute Gasteiger partial charge is 0.418 e. The monoisotopic (exact) mass is 262 g/mol. The molecule has 0 aromatic carbocycles. The number of aromatic amines is 1. The zero-order valence-corrected chi connectivity index (χ0v) is 10.2. The van der Waals surface area contributed by atoms with E-state index in [-0.39, 0.29) is 11.9 Å². The molecule has 19 heavy (non-hydrogen) atoms. The lowest BCUT2D eigenvalue weighted by atomic mass is 10.1. The average Bonchev–Trinajstić information content (AvgIpc) is 2.78. The number of aromatic nitrogens is 2. The van der Waals surface area contributed by atoms with Crippen molar-refractivity contribution in [2.75, 3.05) is 13.1 Å². The molecule has 0 bridgehead atoms. The maximum Gasteiger partial charge on any atom is 0.418 e. The number of pyridine rings is 1. The summed E-state index contributed by atoms with van der Waals surface area (Å²) in [4.78, 5) is 29.5. The van der Waals surface area contributed by atoms with E-state index in [1.54, 1.807) is 0 Å². The molecule has 1 amide bonds. The molecule has 2 aromatic rings. The molecule has 2 aromatic heterocycles. The molecule has 0 unspecified atom stereocenters. The highest BCUT2D eigenvalue weighted by molar-refractivity contribution is 5.96. The van der Waals surface area contributed by atoms with E-state index in [2.05, 4.69) is 20.6 Å². The molecule has 7 heteroatoms. The van der Waals surface area contributed by atoms with Gasteiger partial charge in [0.15, 0.2) is 11.2 Å². The first kappa shape index (κ1) is 11.9. The first-order valence-corrected chi connectivity index (χ1v) is 6.23. The number of fused-ring (bicyclic) bond motifs is 1. The predicted octanol–water partition coefficient (Wildman–Crippen LogP) is -0.00210. The summed E-state index contributed by atoms with van der Waals surface area (Å²) in [5.74, 6) is -0.761. The molecule has 1 aliphatic heterocycles. The number of nitrogens with zero attached hydrogens (tertiary/aromatic N) is 1. The minimum Gasteiger partial charge on any atom is -0.406 e. The summed E-state index contributed by atoms with van der Waals surface area (Å²) >= 11 is 0. The zero-order valence-electron chi connectivity index (χ0n) is 10.2. The van der Waals surface area contributed by atoms with Gasteiger partial charge in [-0.3, -0.25) is 9.78 Å². The van der Waals surface area contributed by atoms with Gasteiger partial charge in [-0.1, -0.05) is 0 Å². The summed E-state index contributed by atoms with van der Waals surface area (Å²) < 4.78 is 4.89. The molecular formula is C12H14N4O3. The molecule has 1 fully saturated rings. The van der Waals surface area contributed by atoms with E-state index in [1.807, 2.05) is 0 Å². The van der Waals surface area contributed by atoms with Crippen LogP contribution in [0.3, 0.4) is 0 Å². The molecule has 1 aliphatic rings. The Balaban J connectivity index is 1.78. The summed E-state index contributed by atoms with van der Waals surface area (Å²) in [5.41, 5.74) is 1.04. The number of amides is 1. The van der Waals surface area contributed by atoms with Gasteiger partial charge in [0.2, 0.25) is 0 Å². The number of carbonyl (C=O) groups excluding carboxylic acids is 1. The van der Waals surface area contributed by atoms with Crippen LogP contribution in [0.1, 0.15) is 23.2 Å². The van der Waals surface area contributed by atoms with Crippen LogP contribution < -0.4 is 16.4 Å². The van der Waals surface area contributed by atoms with Crippen LogP contribution in [0.2, 0.25) is 0 Å². The number of rotatable bonds is 2. The van der Waals surface area contributed by atoms with E-state index in [1.165, 1.54) is 12.3 Å². The quantitative estimate of drug-likeness (QED) is 0.707. The van der Waals surface area contributed by atoms with Gasteiger partial charge < -0.3 is 15.1 Å². The Labute approximate surface area is 108 Å². The van der Waals surface area contributed by atoms with Gasteiger partial charge in [0.25, 0.3) is 5.91 Å². The van der Waals surface area contributed by atoms with Gasteiger partial charge >= 0.3 is 5.76 Å². The fourth-order valence-electron chi connectivity index (χ4n) is 2.20. The molecule has 1 saturated heterocycles. The smallest absolute Gasteiger partial charge is 0.406 e. The van der Waals surface area contributed by atoms with E-state index >= 15 is 0 Å². The SMILES string of the molecule is O=C(NC1CCNCC1)c1cnc2[nH]c(=O)oc2c1. The van der Waals surface area contributed by atoms with Crippen LogP contribution in [0.4, 0.5) is 0 Å². The van der Waals surface area contributed by atoms with Gasteiger partial charge in [-0.15, -0.1) is 0 Å². The Hall–Kier alpha value is -2.15. The summed E-state index contributed by atoms with van der Waals surface area (Å²) in [6.07, 6.45) is 3.27. The summed E-state index contributed by atoms with van der Waals surface area (Å²) in [6, 6.07) is 1.71. The molecule has 0 atom stereocenters. The van der Waals surface area contributed by atoms with Gasteiger partial charge in [-0.05, 0) is 32.0 Å². The Morgan fingerprint density at radius 1 is 1.42 bits per heavy atom. The van der Waals surface area contributed by atoms with Crippen molar-refractivity contribution in [1.82, 2.24) is 20.6 Å². The van der Waals surface area contributed by atoms with Crippen molar-refractivity contribution >= 4 is 17.1 Å². The molecule has 0 radical (unpaired) electrons. The van der Waals surface area contributed by atoms with Crippen LogP contribution in [-0.2, 0) is 0 Å². The van der Waals surface area contributed by atoms with E-state index in [0.717, 1.165) is 25.9 Å². The number of hydrogen-bond acceptors (Lipinski definition) is 5. The van der Waals surface area contributed by atoms with Crippen molar-refractivity contribution in [3.05, 3.63) is 28.4 Å². The van der Waals surface area contributed by atoms with Gasteiger partial charge in [-0.2, -0.15) is 0 Å². The normalized spacial score (nSPS) is 16.6. The predicted molar refractivity (Wildman–Crippen MR) is 68.0 cm³/mol. The molecule has 0 saturated carbocycles. The average molecular weight is 262 g/mol. The van der Waals surface area contributed by atoms with Crippen molar-refractivity contribution in [2.24, 2.45) is 0 Å². The highest BCUT2D eigenvalue weighted by Crippen LogP contribution is 2.10. The summed E-state index contributed by atoms with van der Waals surface area (Å²) in [5, 5.41) is 6.19. The maximum absolute atomic E-state index is 12.1.